The number of aromatic hydroxyl groups is 2. The van der Waals surface area contributed by atoms with Crippen LogP contribution in [0.1, 0.15) is 33.9 Å². The van der Waals surface area contributed by atoms with E-state index in [2.05, 4.69) is 5.32 Å². The Hall–Kier alpha value is -4.75. The zero-order chi connectivity index (χ0) is 33.3. The number of carbonyl (C=O) groups excluding carboxylic acids is 4. The first-order chi connectivity index (χ1) is 21.2. The fourth-order valence-corrected chi connectivity index (χ4v) is 5.05. The van der Waals surface area contributed by atoms with Gasteiger partial charge >= 0.3 is 30.9 Å². The molecule has 0 aromatic heterocycles. The van der Waals surface area contributed by atoms with Gasteiger partial charge < -0.3 is 46.3 Å². The zero-order valence-electron chi connectivity index (χ0n) is 22.9. The summed E-state index contributed by atoms with van der Waals surface area (Å²) >= 11 is 5.94. The third kappa shape index (κ3) is 6.26. The maximum absolute atomic E-state index is 15.1. The van der Waals surface area contributed by atoms with Crippen molar-refractivity contribution in [3.63, 3.8) is 0 Å². The Morgan fingerprint density at radius 1 is 1.11 bits per heavy atom. The van der Waals surface area contributed by atoms with Gasteiger partial charge in [-0.2, -0.15) is 4.39 Å². The number of hydrogen-bond donors (Lipinski definition) is 7. The Balaban J connectivity index is 1.66. The number of nitrogens with zero attached hydrogens (tertiary/aromatic N) is 2. The van der Waals surface area contributed by atoms with Crippen LogP contribution in [-0.2, 0) is 20.8 Å². The molecule has 2 aliphatic rings. The predicted molar refractivity (Wildman–Crippen MR) is 146 cm³/mol. The van der Waals surface area contributed by atoms with Crippen LogP contribution in [-0.4, -0.2) is 99.1 Å². The molecule has 0 saturated carbocycles. The molecule has 2 aromatic rings. The summed E-state index contributed by atoms with van der Waals surface area (Å²) in [4.78, 5) is 64.9. The van der Waals surface area contributed by atoms with E-state index < -0.39 is 106 Å². The second-order valence-corrected chi connectivity index (χ2v) is 10.2. The summed E-state index contributed by atoms with van der Waals surface area (Å²) in [6.45, 7) is -0.174. The van der Waals surface area contributed by atoms with Gasteiger partial charge in [0.2, 0.25) is 11.7 Å². The minimum atomic E-state index is -2.39. The molecule has 1 saturated heterocycles. The number of amides is 5. The molecule has 240 valence electrons. The number of rotatable bonds is 8. The highest BCUT2D eigenvalue weighted by Gasteiger charge is 2.43. The van der Waals surface area contributed by atoms with Crippen LogP contribution in [0.15, 0.2) is 12.1 Å². The third-order valence-corrected chi connectivity index (χ3v) is 7.45. The van der Waals surface area contributed by atoms with Gasteiger partial charge in [0.05, 0.1) is 11.0 Å². The van der Waals surface area contributed by atoms with Gasteiger partial charge in [0.15, 0.2) is 17.3 Å². The average Bonchev–Trinajstić information content (AvgIpc) is 2.99. The van der Waals surface area contributed by atoms with Gasteiger partial charge in [-0.3, -0.25) is 19.3 Å². The molecule has 4 rings (SSSR count). The average molecular weight is 658 g/mol. The summed E-state index contributed by atoms with van der Waals surface area (Å²) in [5, 5.41) is 42.6. The first-order valence-corrected chi connectivity index (χ1v) is 13.5. The van der Waals surface area contributed by atoms with Crippen LogP contribution in [0, 0.1) is 17.5 Å². The SMILES string of the molecule is NCCCN1CCN(C(=O)NC(C(=O)N[C@H]2Cc3ccc(F)c(C(=O)O)c3OB2O)c2c(F)c(F)c(O)c(O)c2Cl)C(=O)C1=O. The number of urea groups is 1. The Morgan fingerprint density at radius 3 is 2.44 bits per heavy atom. The van der Waals surface area contributed by atoms with Crippen LogP contribution in [0.5, 0.6) is 17.2 Å². The van der Waals surface area contributed by atoms with Crippen molar-refractivity contribution < 1.29 is 62.1 Å². The van der Waals surface area contributed by atoms with E-state index in [1.807, 2.05) is 5.32 Å². The Labute approximate surface area is 256 Å². The summed E-state index contributed by atoms with van der Waals surface area (Å²) in [6.07, 6.45) is -0.0401. The minimum Gasteiger partial charge on any atom is -0.534 e. The van der Waals surface area contributed by atoms with E-state index in [4.69, 9.17) is 22.0 Å². The lowest BCUT2D eigenvalue weighted by Gasteiger charge is -2.34. The van der Waals surface area contributed by atoms with Crippen LogP contribution < -0.4 is 21.0 Å². The van der Waals surface area contributed by atoms with Gasteiger partial charge in [0, 0.05) is 25.2 Å². The number of carboxylic acids is 1. The first-order valence-electron chi connectivity index (χ1n) is 13.1. The number of carbonyl (C=O) groups is 5. The summed E-state index contributed by atoms with van der Waals surface area (Å²) in [7, 11) is -2.04. The van der Waals surface area contributed by atoms with Crippen LogP contribution in [0.4, 0.5) is 18.0 Å². The minimum absolute atomic E-state index is 0.0131. The number of nitrogens with two attached hydrogens (primary N) is 1. The van der Waals surface area contributed by atoms with Crippen LogP contribution in [0.3, 0.4) is 0 Å². The Morgan fingerprint density at radius 2 is 1.80 bits per heavy atom. The van der Waals surface area contributed by atoms with Gasteiger partial charge in [-0.05, 0) is 31.0 Å². The van der Waals surface area contributed by atoms with E-state index in [0.717, 1.165) is 17.0 Å². The number of benzene rings is 2. The van der Waals surface area contributed by atoms with Crippen molar-refractivity contribution in [3.8, 4) is 17.2 Å². The van der Waals surface area contributed by atoms with Gasteiger partial charge in [0.1, 0.15) is 23.2 Å². The number of hydrogen-bond acceptors (Lipinski definition) is 10. The molecule has 0 bridgehead atoms. The molecule has 15 nitrogen and oxygen atoms in total. The molecule has 1 unspecified atom stereocenters. The lowest BCUT2D eigenvalue weighted by Crippen LogP contribution is -2.60. The van der Waals surface area contributed by atoms with Crippen molar-refractivity contribution in [2.24, 2.45) is 5.73 Å². The lowest BCUT2D eigenvalue weighted by molar-refractivity contribution is -0.153. The second kappa shape index (κ2) is 13.1. The number of carboxylic acid groups (broad SMARTS) is 1. The van der Waals surface area contributed by atoms with Crippen molar-refractivity contribution in [2.75, 3.05) is 26.2 Å². The van der Waals surface area contributed by atoms with Gasteiger partial charge in [-0.15, -0.1) is 0 Å². The molecule has 0 aliphatic carbocycles. The summed E-state index contributed by atoms with van der Waals surface area (Å²) in [6, 6.07) is -1.92. The highest BCUT2D eigenvalue weighted by atomic mass is 35.5. The van der Waals surface area contributed by atoms with Crippen LogP contribution >= 0.6 is 11.6 Å². The largest absolute Gasteiger partial charge is 0.547 e. The number of imide groups is 1. The molecule has 2 aliphatic heterocycles. The molecule has 1 fully saturated rings. The van der Waals surface area contributed by atoms with Crippen molar-refractivity contribution >= 4 is 48.4 Å². The van der Waals surface area contributed by atoms with Gasteiger partial charge in [0.25, 0.3) is 0 Å². The quantitative estimate of drug-likeness (QED) is 0.0849. The normalized spacial score (nSPS) is 17.0. The smallest absolute Gasteiger partial charge is 0.534 e. The first kappa shape index (κ1) is 33.2. The standard InChI is InChI=1S/C25H24BClF3N5O10/c27-14-13(15(29)16(30)19(37)18(14)36)17(33-25(43)35-7-6-34(5-1-4-31)22(39)23(35)40)21(38)32-11-8-9-2-3-10(28)12(24(41)42)20(9)45-26(11)44/h2-3,11,17,36-37,44H,1,4-8,31H2,(H,32,38)(H,33,43)(H,41,42)/t11-,17?/m0/s1. The number of phenols is 2. The van der Waals surface area contributed by atoms with Crippen molar-refractivity contribution in [1.82, 2.24) is 20.4 Å². The van der Waals surface area contributed by atoms with E-state index in [-0.39, 0.29) is 31.7 Å². The maximum Gasteiger partial charge on any atom is 0.547 e. The van der Waals surface area contributed by atoms with Crippen molar-refractivity contribution in [3.05, 3.63) is 51.3 Å². The highest BCUT2D eigenvalue weighted by molar-refractivity contribution is 6.47. The molecule has 2 aromatic carbocycles. The van der Waals surface area contributed by atoms with Crippen LogP contribution in [0.2, 0.25) is 5.02 Å². The Bertz CT molecular complexity index is 1570. The monoisotopic (exact) mass is 657 g/mol. The fourth-order valence-electron chi connectivity index (χ4n) is 4.77. The molecule has 5 amide bonds. The van der Waals surface area contributed by atoms with Crippen molar-refractivity contribution in [1.29, 1.82) is 0 Å². The molecule has 45 heavy (non-hydrogen) atoms. The van der Waals surface area contributed by atoms with Crippen molar-refractivity contribution in [2.45, 2.75) is 24.8 Å². The molecule has 8 N–H and O–H groups in total. The molecule has 0 spiro atoms. The van der Waals surface area contributed by atoms with Gasteiger partial charge in [-0.1, -0.05) is 17.7 Å². The maximum atomic E-state index is 15.1. The fraction of sp³-hybridized carbons (Fsp3) is 0.320. The third-order valence-electron chi connectivity index (χ3n) is 7.06. The number of fused-ring (bicyclic) bond motifs is 1. The topological polar surface area (TPSA) is 232 Å². The van der Waals surface area contributed by atoms with E-state index in [9.17, 15) is 53.1 Å². The molecule has 0 radical (unpaired) electrons. The number of halogens is 4. The highest BCUT2D eigenvalue weighted by Crippen LogP contribution is 2.42. The molecular weight excluding hydrogens is 634 g/mol. The van der Waals surface area contributed by atoms with E-state index >= 15 is 4.39 Å². The van der Waals surface area contributed by atoms with E-state index in [0.29, 0.717) is 11.3 Å². The number of nitrogens with one attached hydrogen (secondary N) is 2. The van der Waals surface area contributed by atoms with E-state index in [1.165, 1.54) is 0 Å². The molecule has 20 heteroatoms. The molecule has 2 heterocycles. The zero-order valence-corrected chi connectivity index (χ0v) is 23.6. The van der Waals surface area contributed by atoms with Crippen LogP contribution in [0.25, 0.3) is 0 Å². The summed E-state index contributed by atoms with van der Waals surface area (Å²) < 4.78 is 48.9. The molecule has 2 atom stereocenters. The summed E-state index contributed by atoms with van der Waals surface area (Å²) in [5.74, 6) is -15.8. The summed E-state index contributed by atoms with van der Waals surface area (Å²) in [5.41, 5.74) is 3.33. The number of aromatic carboxylic acids is 1. The Kier molecular flexibility index (Phi) is 9.64. The number of phenolic OH excluding ortho intramolecular Hbond substituents is 2. The lowest BCUT2D eigenvalue weighted by atomic mass is 9.72. The second-order valence-electron chi connectivity index (χ2n) is 9.87. The molecular formula is C25H24BClF3N5O10. The predicted octanol–water partition coefficient (Wildman–Crippen LogP) is -0.223. The van der Waals surface area contributed by atoms with E-state index in [1.54, 1.807) is 0 Å². The van der Waals surface area contributed by atoms with Gasteiger partial charge in [-0.25, -0.2) is 18.4 Å². The number of piperazine rings is 1.